The number of benzene rings is 2. The van der Waals surface area contributed by atoms with E-state index in [2.05, 4.69) is 73.0 Å². The smallest absolute Gasteiger partial charge is 0.230 e. The van der Waals surface area contributed by atoms with Gasteiger partial charge in [0.05, 0.1) is 12.6 Å². The summed E-state index contributed by atoms with van der Waals surface area (Å²) in [5, 5.41) is 10.2. The Balaban J connectivity index is 1.70. The van der Waals surface area contributed by atoms with Gasteiger partial charge in [-0.15, -0.1) is 0 Å². The van der Waals surface area contributed by atoms with Crippen molar-refractivity contribution in [3.05, 3.63) is 64.9 Å². The number of phenolic OH excluding ortho intramolecular Hbond substituents is 1. The lowest BCUT2D eigenvalue weighted by Gasteiger charge is -2.41. The van der Waals surface area contributed by atoms with Crippen LogP contribution in [0.5, 0.6) is 5.75 Å². The molecule has 6 nitrogen and oxygen atoms in total. The van der Waals surface area contributed by atoms with Gasteiger partial charge in [0.25, 0.3) is 0 Å². The number of halogens is 1. The molecule has 0 saturated heterocycles. The first-order valence-corrected chi connectivity index (χ1v) is 14.5. The van der Waals surface area contributed by atoms with Crippen LogP contribution in [0.1, 0.15) is 31.9 Å². The van der Waals surface area contributed by atoms with E-state index in [1.54, 1.807) is 18.2 Å². The fourth-order valence-electron chi connectivity index (χ4n) is 3.73. The number of aromatic nitrogens is 3. The van der Waals surface area contributed by atoms with Crippen molar-refractivity contribution in [2.45, 2.75) is 57.9 Å². The molecule has 4 rings (SSSR count). The molecule has 1 unspecified atom stereocenters. The summed E-state index contributed by atoms with van der Waals surface area (Å²) < 4.78 is 6.62. The lowest BCUT2D eigenvalue weighted by Crippen LogP contribution is -2.49. The van der Waals surface area contributed by atoms with Crippen molar-refractivity contribution in [3.8, 4) is 17.1 Å². The second-order valence-corrected chi connectivity index (χ2v) is 15.3. The molecule has 1 aliphatic heterocycles. The molecule has 33 heavy (non-hydrogen) atoms. The minimum absolute atomic E-state index is 0.0736. The van der Waals surface area contributed by atoms with E-state index in [1.807, 2.05) is 6.07 Å². The van der Waals surface area contributed by atoms with Crippen LogP contribution in [0.3, 0.4) is 0 Å². The van der Waals surface area contributed by atoms with Crippen molar-refractivity contribution in [1.82, 2.24) is 15.0 Å². The molecule has 1 N–H and O–H groups in total. The molecule has 1 aliphatic rings. The molecule has 0 fully saturated rings. The van der Waals surface area contributed by atoms with Gasteiger partial charge in [0, 0.05) is 12.1 Å². The van der Waals surface area contributed by atoms with Crippen molar-refractivity contribution in [1.29, 1.82) is 0 Å². The van der Waals surface area contributed by atoms with Crippen molar-refractivity contribution in [2.24, 2.45) is 0 Å². The molecule has 0 bridgehead atoms. The Hall–Kier alpha value is -2.48. The summed E-state index contributed by atoms with van der Waals surface area (Å²) in [5.74, 6) is 1.11. The van der Waals surface area contributed by atoms with Crippen LogP contribution in [-0.2, 0) is 17.4 Å². The van der Waals surface area contributed by atoms with Crippen LogP contribution in [0.2, 0.25) is 23.4 Å². The Morgan fingerprint density at radius 1 is 1.06 bits per heavy atom. The molecular weight excluding hydrogens is 452 g/mol. The molecule has 1 aromatic heterocycles. The summed E-state index contributed by atoms with van der Waals surface area (Å²) in [6.45, 7) is 12.6. The number of rotatable bonds is 5. The van der Waals surface area contributed by atoms with E-state index < -0.39 is 8.32 Å². The maximum Gasteiger partial charge on any atom is 0.230 e. The highest BCUT2D eigenvalue weighted by molar-refractivity contribution is 6.74. The van der Waals surface area contributed by atoms with Gasteiger partial charge in [-0.25, -0.2) is 0 Å². The van der Waals surface area contributed by atoms with E-state index in [0.717, 1.165) is 6.42 Å². The van der Waals surface area contributed by atoms with Gasteiger partial charge < -0.3 is 14.4 Å². The van der Waals surface area contributed by atoms with E-state index in [1.165, 1.54) is 11.1 Å². The fraction of sp³-hybridized carbons (Fsp3) is 0.400. The monoisotopic (exact) mass is 482 g/mol. The molecule has 1 atom stereocenters. The first-order valence-electron chi connectivity index (χ1n) is 11.2. The lowest BCUT2D eigenvalue weighted by atomic mass is 9.94. The van der Waals surface area contributed by atoms with Crippen molar-refractivity contribution >= 4 is 25.9 Å². The zero-order valence-corrected chi connectivity index (χ0v) is 21.6. The number of aromatic hydroxyl groups is 1. The predicted molar refractivity (Wildman–Crippen MR) is 135 cm³/mol. The third-order valence-corrected chi connectivity index (χ3v) is 11.4. The van der Waals surface area contributed by atoms with Crippen molar-refractivity contribution in [3.63, 3.8) is 0 Å². The zero-order chi connectivity index (χ0) is 23.8. The number of hydrogen-bond donors (Lipinski definition) is 1. The molecule has 2 heterocycles. The van der Waals surface area contributed by atoms with Crippen molar-refractivity contribution < 1.29 is 9.53 Å². The van der Waals surface area contributed by atoms with E-state index in [4.69, 9.17) is 21.0 Å². The topological polar surface area (TPSA) is 71.4 Å². The van der Waals surface area contributed by atoms with Crippen LogP contribution in [0.15, 0.2) is 48.5 Å². The Morgan fingerprint density at radius 2 is 1.79 bits per heavy atom. The lowest BCUT2D eigenvalue weighted by molar-refractivity contribution is 0.251. The maximum absolute atomic E-state index is 9.90. The summed E-state index contributed by atoms with van der Waals surface area (Å²) in [6, 6.07) is 15.4. The third kappa shape index (κ3) is 5.21. The van der Waals surface area contributed by atoms with Gasteiger partial charge in [-0.05, 0) is 59.4 Å². The first kappa shape index (κ1) is 23.7. The van der Waals surface area contributed by atoms with E-state index >= 15 is 0 Å². The molecule has 0 aliphatic carbocycles. The largest absolute Gasteiger partial charge is 0.508 e. The van der Waals surface area contributed by atoms with Crippen LogP contribution in [0.25, 0.3) is 11.4 Å². The Morgan fingerprint density at radius 3 is 2.48 bits per heavy atom. The number of hydrogen-bond acceptors (Lipinski definition) is 6. The van der Waals surface area contributed by atoms with E-state index in [0.29, 0.717) is 30.5 Å². The average molecular weight is 483 g/mol. The van der Waals surface area contributed by atoms with Gasteiger partial charge in [-0.2, -0.15) is 15.0 Å². The summed E-state index contributed by atoms with van der Waals surface area (Å²) in [6.07, 6.45) is 0.843. The maximum atomic E-state index is 9.90. The fourth-order valence-corrected chi connectivity index (χ4v) is 4.93. The number of phenols is 1. The Bertz CT molecular complexity index is 1150. The normalized spacial score (nSPS) is 16.5. The second kappa shape index (κ2) is 9.04. The summed E-state index contributed by atoms with van der Waals surface area (Å²) in [7, 11) is -1.93. The Labute approximate surface area is 201 Å². The van der Waals surface area contributed by atoms with Gasteiger partial charge in [-0.3, -0.25) is 0 Å². The molecule has 174 valence electrons. The van der Waals surface area contributed by atoms with Crippen LogP contribution in [0.4, 0.5) is 5.95 Å². The molecule has 2 aromatic carbocycles. The summed E-state index contributed by atoms with van der Waals surface area (Å²) in [4.78, 5) is 15.7. The highest BCUT2D eigenvalue weighted by atomic mass is 35.5. The zero-order valence-electron chi connectivity index (χ0n) is 19.8. The quantitative estimate of drug-likeness (QED) is 0.460. The van der Waals surface area contributed by atoms with Gasteiger partial charge in [0.15, 0.2) is 14.1 Å². The van der Waals surface area contributed by atoms with Gasteiger partial charge >= 0.3 is 0 Å². The average Bonchev–Trinajstić information content (AvgIpc) is 2.76. The number of anilines is 1. The molecule has 0 radical (unpaired) electrons. The molecular formula is C25H31ClN4O2Si. The van der Waals surface area contributed by atoms with Gasteiger partial charge in [0.1, 0.15) is 5.75 Å². The van der Waals surface area contributed by atoms with Crippen LogP contribution < -0.4 is 4.90 Å². The van der Waals surface area contributed by atoms with Crippen LogP contribution in [0, 0.1) is 0 Å². The number of nitrogens with zero attached hydrogens (tertiary/aromatic N) is 4. The molecule has 0 amide bonds. The summed E-state index contributed by atoms with van der Waals surface area (Å²) >= 11 is 6.34. The van der Waals surface area contributed by atoms with E-state index in [9.17, 15) is 5.11 Å². The Kier molecular flexibility index (Phi) is 6.49. The SMILES string of the molecule is CC(C)(C)[Si](C)(C)OCC1Cc2ccccc2CN1c1nc(Cl)nc(-c2cccc(O)c2)n1. The second-order valence-electron chi connectivity index (χ2n) is 10.1. The van der Waals surface area contributed by atoms with Gasteiger partial charge in [0.2, 0.25) is 11.2 Å². The molecule has 0 spiro atoms. The first-order chi connectivity index (χ1) is 15.5. The third-order valence-electron chi connectivity index (χ3n) is 6.76. The standard InChI is InChI=1S/C25H31ClN4O2Si/c1-25(2,3)33(4,5)32-16-20-13-17-9-6-7-10-19(17)15-30(20)24-28-22(27-23(26)29-24)18-11-8-12-21(31)14-18/h6-12,14,20,31H,13,15-16H2,1-5H3. The van der Waals surface area contributed by atoms with E-state index in [-0.39, 0.29) is 22.1 Å². The minimum Gasteiger partial charge on any atom is -0.508 e. The minimum atomic E-state index is -1.93. The molecule has 0 saturated carbocycles. The van der Waals surface area contributed by atoms with Crippen LogP contribution >= 0.6 is 11.6 Å². The highest BCUT2D eigenvalue weighted by Gasteiger charge is 2.39. The number of fused-ring (bicyclic) bond motifs is 1. The highest BCUT2D eigenvalue weighted by Crippen LogP contribution is 2.37. The van der Waals surface area contributed by atoms with Crippen molar-refractivity contribution in [2.75, 3.05) is 11.5 Å². The predicted octanol–water partition coefficient (Wildman–Crippen LogP) is 5.85. The molecule has 3 aromatic rings. The summed E-state index contributed by atoms with van der Waals surface area (Å²) in [5.41, 5.74) is 3.26. The molecule has 8 heteroatoms. The van der Waals surface area contributed by atoms with Gasteiger partial charge in [-0.1, -0.05) is 57.2 Å². The van der Waals surface area contributed by atoms with Crippen LogP contribution in [-0.4, -0.2) is 41.0 Å².